The van der Waals surface area contributed by atoms with Gasteiger partial charge in [0.1, 0.15) is 5.75 Å². The summed E-state index contributed by atoms with van der Waals surface area (Å²) in [4.78, 5) is 16.8. The number of anilines is 2. The molecule has 0 unspecified atom stereocenters. The van der Waals surface area contributed by atoms with Crippen LogP contribution in [0, 0.1) is 0 Å². The number of benzene rings is 2. The Morgan fingerprint density at radius 2 is 1.72 bits per heavy atom. The van der Waals surface area contributed by atoms with Crippen molar-refractivity contribution in [2.24, 2.45) is 0 Å². The average molecular weight is 404 g/mol. The number of nitrogens with one attached hydrogen (secondary N) is 1. The van der Waals surface area contributed by atoms with Crippen LogP contribution in [0.25, 0.3) is 0 Å². The van der Waals surface area contributed by atoms with E-state index in [0.717, 1.165) is 48.6 Å². The van der Waals surface area contributed by atoms with Gasteiger partial charge in [-0.1, -0.05) is 12.1 Å². The minimum Gasteiger partial charge on any atom is -0.508 e. The predicted octanol–water partition coefficient (Wildman–Crippen LogP) is 3.31. The molecule has 0 radical (unpaired) electrons. The van der Waals surface area contributed by atoms with Crippen molar-refractivity contribution in [1.29, 1.82) is 0 Å². The highest BCUT2D eigenvalue weighted by Gasteiger charge is 2.18. The number of amides is 1. The number of hydrogen-bond acceptors (Lipinski definition) is 4. The van der Waals surface area contributed by atoms with Crippen molar-refractivity contribution in [3.8, 4) is 5.75 Å². The second-order valence-electron chi connectivity index (χ2n) is 6.12. The van der Waals surface area contributed by atoms with E-state index in [4.69, 9.17) is 0 Å². The van der Waals surface area contributed by atoms with Crippen LogP contribution < -0.4 is 10.2 Å². The van der Waals surface area contributed by atoms with Crippen molar-refractivity contribution in [3.63, 3.8) is 0 Å². The summed E-state index contributed by atoms with van der Waals surface area (Å²) >= 11 is 3.44. The van der Waals surface area contributed by atoms with Crippen LogP contribution in [0.3, 0.4) is 0 Å². The molecule has 0 atom stereocenters. The highest BCUT2D eigenvalue weighted by Crippen LogP contribution is 2.22. The van der Waals surface area contributed by atoms with E-state index >= 15 is 0 Å². The number of nitrogens with zero attached hydrogens (tertiary/aromatic N) is 2. The Labute approximate surface area is 156 Å². The fourth-order valence-electron chi connectivity index (χ4n) is 2.93. The SMILES string of the molecule is O=C(CCN1CCN(c2ccc(O)cc2)CC1)Nc1ccccc1Br. The molecule has 1 aliphatic rings. The number of hydrogen-bond donors (Lipinski definition) is 2. The number of rotatable bonds is 5. The number of aromatic hydroxyl groups is 1. The molecule has 1 amide bonds. The molecule has 0 saturated carbocycles. The molecule has 2 aromatic carbocycles. The smallest absolute Gasteiger partial charge is 0.225 e. The van der Waals surface area contributed by atoms with Gasteiger partial charge in [0.05, 0.1) is 5.69 Å². The number of carbonyl (C=O) groups excluding carboxylic acids is 1. The highest BCUT2D eigenvalue weighted by molar-refractivity contribution is 9.10. The lowest BCUT2D eigenvalue weighted by molar-refractivity contribution is -0.116. The van der Waals surface area contributed by atoms with Gasteiger partial charge in [-0.05, 0) is 52.3 Å². The standard InChI is InChI=1S/C19H22BrN3O2/c20-17-3-1-2-4-18(17)21-19(25)9-10-22-11-13-23(14-12-22)15-5-7-16(24)8-6-15/h1-8,24H,9-14H2,(H,21,25). The quantitative estimate of drug-likeness (QED) is 0.803. The molecule has 2 N–H and O–H groups in total. The maximum absolute atomic E-state index is 12.1. The van der Waals surface area contributed by atoms with E-state index in [1.54, 1.807) is 12.1 Å². The molecule has 6 heteroatoms. The zero-order valence-electron chi connectivity index (χ0n) is 14.0. The van der Waals surface area contributed by atoms with Crippen molar-refractivity contribution in [1.82, 2.24) is 4.90 Å². The fourth-order valence-corrected chi connectivity index (χ4v) is 3.31. The number of halogens is 1. The summed E-state index contributed by atoms with van der Waals surface area (Å²) in [7, 11) is 0. The molecule has 1 fully saturated rings. The Hall–Kier alpha value is -2.05. The van der Waals surface area contributed by atoms with Gasteiger partial charge in [0.15, 0.2) is 0 Å². The van der Waals surface area contributed by atoms with Crippen LogP contribution in [0.5, 0.6) is 5.75 Å². The minimum atomic E-state index is 0.0351. The molecule has 2 aromatic rings. The largest absolute Gasteiger partial charge is 0.508 e. The number of phenolic OH excluding ortho intramolecular Hbond substituents is 1. The number of para-hydroxylation sites is 1. The van der Waals surface area contributed by atoms with E-state index in [-0.39, 0.29) is 5.91 Å². The molecule has 0 bridgehead atoms. The van der Waals surface area contributed by atoms with Gasteiger partial charge in [-0.2, -0.15) is 0 Å². The van der Waals surface area contributed by atoms with Gasteiger partial charge in [0, 0.05) is 49.3 Å². The Balaban J connectivity index is 1.42. The number of piperazine rings is 1. The van der Waals surface area contributed by atoms with Gasteiger partial charge in [0.2, 0.25) is 5.91 Å². The summed E-state index contributed by atoms with van der Waals surface area (Å²) in [5.74, 6) is 0.325. The maximum atomic E-state index is 12.1. The lowest BCUT2D eigenvalue weighted by Gasteiger charge is -2.36. The highest BCUT2D eigenvalue weighted by atomic mass is 79.9. The molecule has 1 saturated heterocycles. The van der Waals surface area contributed by atoms with Crippen molar-refractivity contribution >= 4 is 33.2 Å². The maximum Gasteiger partial charge on any atom is 0.225 e. The summed E-state index contributed by atoms with van der Waals surface area (Å²) in [5.41, 5.74) is 1.94. The summed E-state index contributed by atoms with van der Waals surface area (Å²) in [6.45, 7) is 4.49. The van der Waals surface area contributed by atoms with E-state index in [2.05, 4.69) is 31.0 Å². The fraction of sp³-hybridized carbons (Fsp3) is 0.316. The molecular formula is C19H22BrN3O2. The van der Waals surface area contributed by atoms with Crippen LogP contribution in [-0.2, 0) is 4.79 Å². The van der Waals surface area contributed by atoms with Gasteiger partial charge in [-0.3, -0.25) is 9.69 Å². The first-order valence-electron chi connectivity index (χ1n) is 8.42. The summed E-state index contributed by atoms with van der Waals surface area (Å²) < 4.78 is 0.894. The zero-order valence-corrected chi connectivity index (χ0v) is 15.6. The third-order valence-corrected chi connectivity index (χ3v) is 5.08. The molecule has 0 spiro atoms. The Bertz CT molecular complexity index is 713. The van der Waals surface area contributed by atoms with E-state index in [0.29, 0.717) is 12.2 Å². The van der Waals surface area contributed by atoms with Crippen LogP contribution in [0.15, 0.2) is 53.0 Å². The molecule has 132 valence electrons. The zero-order chi connectivity index (χ0) is 17.6. The first-order chi connectivity index (χ1) is 12.1. The van der Waals surface area contributed by atoms with Gasteiger partial charge in [0.25, 0.3) is 0 Å². The van der Waals surface area contributed by atoms with E-state index in [9.17, 15) is 9.90 Å². The monoisotopic (exact) mass is 403 g/mol. The van der Waals surface area contributed by atoms with Gasteiger partial charge in [-0.25, -0.2) is 0 Å². The topological polar surface area (TPSA) is 55.8 Å². The Morgan fingerprint density at radius 1 is 1.04 bits per heavy atom. The second-order valence-corrected chi connectivity index (χ2v) is 6.98. The van der Waals surface area contributed by atoms with Crippen molar-refractivity contribution in [2.45, 2.75) is 6.42 Å². The molecule has 3 rings (SSSR count). The van der Waals surface area contributed by atoms with Gasteiger partial charge < -0.3 is 15.3 Å². The van der Waals surface area contributed by atoms with Crippen LogP contribution in [-0.4, -0.2) is 48.6 Å². The van der Waals surface area contributed by atoms with E-state index in [1.807, 2.05) is 36.4 Å². The van der Waals surface area contributed by atoms with Crippen molar-refractivity contribution < 1.29 is 9.90 Å². The number of phenols is 1. The van der Waals surface area contributed by atoms with E-state index in [1.165, 1.54) is 0 Å². The van der Waals surface area contributed by atoms with Crippen molar-refractivity contribution in [2.75, 3.05) is 42.9 Å². The molecular weight excluding hydrogens is 382 g/mol. The first kappa shape index (κ1) is 17.8. The second kappa shape index (κ2) is 8.36. The average Bonchev–Trinajstić information content (AvgIpc) is 2.63. The van der Waals surface area contributed by atoms with Crippen molar-refractivity contribution in [3.05, 3.63) is 53.0 Å². The Kier molecular flexibility index (Phi) is 5.94. The lowest BCUT2D eigenvalue weighted by Crippen LogP contribution is -2.47. The van der Waals surface area contributed by atoms with Crippen LogP contribution in [0.4, 0.5) is 11.4 Å². The molecule has 0 aromatic heterocycles. The van der Waals surface area contributed by atoms with Crippen LogP contribution in [0.2, 0.25) is 0 Å². The summed E-state index contributed by atoms with van der Waals surface area (Å²) in [5, 5.41) is 12.3. The van der Waals surface area contributed by atoms with Crippen LogP contribution in [0.1, 0.15) is 6.42 Å². The molecule has 0 aliphatic carbocycles. The lowest BCUT2D eigenvalue weighted by atomic mass is 10.2. The first-order valence-corrected chi connectivity index (χ1v) is 9.22. The van der Waals surface area contributed by atoms with Gasteiger partial charge >= 0.3 is 0 Å². The predicted molar refractivity (Wildman–Crippen MR) is 104 cm³/mol. The normalized spacial score (nSPS) is 15.2. The minimum absolute atomic E-state index is 0.0351. The molecule has 5 nitrogen and oxygen atoms in total. The molecule has 25 heavy (non-hydrogen) atoms. The third kappa shape index (κ3) is 4.96. The van der Waals surface area contributed by atoms with Crippen LogP contribution >= 0.6 is 15.9 Å². The molecule has 1 aliphatic heterocycles. The van der Waals surface area contributed by atoms with E-state index < -0.39 is 0 Å². The van der Waals surface area contributed by atoms with Gasteiger partial charge in [-0.15, -0.1) is 0 Å². The summed E-state index contributed by atoms with van der Waals surface area (Å²) in [6, 6.07) is 14.9. The Morgan fingerprint density at radius 3 is 2.40 bits per heavy atom. The summed E-state index contributed by atoms with van der Waals surface area (Å²) in [6.07, 6.45) is 0.487. The number of carbonyl (C=O) groups is 1. The third-order valence-electron chi connectivity index (χ3n) is 4.39. The molecule has 1 heterocycles.